The van der Waals surface area contributed by atoms with E-state index >= 15 is 0 Å². The van der Waals surface area contributed by atoms with Crippen LogP contribution in [0.1, 0.15) is 44.2 Å². The summed E-state index contributed by atoms with van der Waals surface area (Å²) in [4.78, 5) is 31.3. The Kier molecular flexibility index (Phi) is 5.60. The molecule has 1 aliphatic heterocycles. The number of hydrogen-bond donors (Lipinski definition) is 1. The maximum absolute atomic E-state index is 13.5. The van der Waals surface area contributed by atoms with Crippen molar-refractivity contribution < 1.29 is 14.0 Å². The summed E-state index contributed by atoms with van der Waals surface area (Å²) >= 11 is 0. The molecular formula is C26H23FN4O2. The molecule has 2 amide bonds. The molecule has 166 valence electrons. The zero-order valence-corrected chi connectivity index (χ0v) is 17.9. The van der Waals surface area contributed by atoms with Gasteiger partial charge in [-0.15, -0.1) is 0 Å². The van der Waals surface area contributed by atoms with Gasteiger partial charge in [0.2, 0.25) is 0 Å². The molecule has 1 atom stereocenters. The number of pyridine rings is 1. The van der Waals surface area contributed by atoms with Gasteiger partial charge in [-0.05, 0) is 60.0 Å². The SMILES string of the molecule is O=C(NCc1ccn2ccnc2c1)c1ccc(C2CCN(C(=O)c3cccc(F)c3)C2)cc1. The predicted molar refractivity (Wildman–Crippen MR) is 122 cm³/mol. The number of amides is 2. The molecule has 1 N–H and O–H groups in total. The fraction of sp³-hybridized carbons (Fsp3) is 0.192. The van der Waals surface area contributed by atoms with Crippen LogP contribution in [0.25, 0.3) is 5.65 Å². The number of nitrogens with zero attached hydrogens (tertiary/aromatic N) is 3. The van der Waals surface area contributed by atoms with Gasteiger partial charge in [-0.25, -0.2) is 9.37 Å². The Morgan fingerprint density at radius 3 is 2.70 bits per heavy atom. The molecule has 2 aromatic carbocycles. The van der Waals surface area contributed by atoms with E-state index < -0.39 is 5.82 Å². The van der Waals surface area contributed by atoms with Crippen molar-refractivity contribution in [1.82, 2.24) is 19.6 Å². The van der Waals surface area contributed by atoms with Crippen LogP contribution in [0.15, 0.2) is 79.3 Å². The van der Waals surface area contributed by atoms with Crippen molar-refractivity contribution in [3.8, 4) is 0 Å². The summed E-state index contributed by atoms with van der Waals surface area (Å²) in [5.74, 6) is -0.506. The van der Waals surface area contributed by atoms with E-state index in [1.165, 1.54) is 12.1 Å². The van der Waals surface area contributed by atoms with E-state index in [1.807, 2.05) is 53.2 Å². The maximum Gasteiger partial charge on any atom is 0.253 e. The molecular weight excluding hydrogens is 419 g/mol. The molecule has 0 saturated carbocycles. The van der Waals surface area contributed by atoms with Crippen LogP contribution < -0.4 is 5.32 Å². The highest BCUT2D eigenvalue weighted by Gasteiger charge is 2.28. The molecule has 0 spiro atoms. The molecule has 1 unspecified atom stereocenters. The van der Waals surface area contributed by atoms with Crippen LogP contribution >= 0.6 is 0 Å². The first-order valence-electron chi connectivity index (χ1n) is 10.9. The summed E-state index contributed by atoms with van der Waals surface area (Å²) in [6.45, 7) is 1.63. The lowest BCUT2D eigenvalue weighted by Crippen LogP contribution is -2.28. The summed E-state index contributed by atoms with van der Waals surface area (Å²) in [7, 11) is 0. The van der Waals surface area contributed by atoms with Crippen LogP contribution in [-0.2, 0) is 6.54 Å². The predicted octanol–water partition coefficient (Wildman–Crippen LogP) is 4.03. The van der Waals surface area contributed by atoms with Crippen molar-refractivity contribution in [2.45, 2.75) is 18.9 Å². The molecule has 5 rings (SSSR count). The van der Waals surface area contributed by atoms with Gasteiger partial charge < -0.3 is 14.6 Å². The summed E-state index contributed by atoms with van der Waals surface area (Å²) in [6.07, 6.45) is 6.37. The van der Waals surface area contributed by atoms with E-state index in [0.29, 0.717) is 30.8 Å². The minimum atomic E-state index is -0.410. The number of carbonyl (C=O) groups excluding carboxylic acids is 2. The molecule has 0 radical (unpaired) electrons. The van der Waals surface area contributed by atoms with Gasteiger partial charge in [0.25, 0.3) is 11.8 Å². The molecule has 0 aliphatic carbocycles. The van der Waals surface area contributed by atoms with Crippen molar-refractivity contribution >= 4 is 17.5 Å². The largest absolute Gasteiger partial charge is 0.348 e. The number of aromatic nitrogens is 2. The number of halogens is 1. The molecule has 1 saturated heterocycles. The van der Waals surface area contributed by atoms with Crippen LogP contribution in [0, 0.1) is 5.82 Å². The molecule has 3 heterocycles. The maximum atomic E-state index is 13.5. The normalized spacial score (nSPS) is 15.7. The van der Waals surface area contributed by atoms with E-state index in [-0.39, 0.29) is 17.7 Å². The number of fused-ring (bicyclic) bond motifs is 1. The molecule has 0 bridgehead atoms. The fourth-order valence-electron chi connectivity index (χ4n) is 4.27. The zero-order valence-electron chi connectivity index (χ0n) is 17.9. The number of likely N-dealkylation sites (tertiary alicyclic amines) is 1. The zero-order chi connectivity index (χ0) is 22.8. The average molecular weight is 442 g/mol. The minimum absolute atomic E-state index is 0.140. The quantitative estimate of drug-likeness (QED) is 0.507. The lowest BCUT2D eigenvalue weighted by molar-refractivity contribution is 0.0790. The van der Waals surface area contributed by atoms with Crippen molar-refractivity contribution in [3.05, 3.63) is 107 Å². The van der Waals surface area contributed by atoms with Crippen LogP contribution in [0.2, 0.25) is 0 Å². The molecule has 2 aromatic heterocycles. The number of carbonyl (C=O) groups is 2. The molecule has 4 aromatic rings. The number of hydrogen-bond acceptors (Lipinski definition) is 3. The second-order valence-corrected chi connectivity index (χ2v) is 8.28. The molecule has 7 heteroatoms. The third-order valence-electron chi connectivity index (χ3n) is 6.11. The Morgan fingerprint density at radius 1 is 1.03 bits per heavy atom. The summed E-state index contributed by atoms with van der Waals surface area (Å²) < 4.78 is 15.4. The van der Waals surface area contributed by atoms with Gasteiger partial charge >= 0.3 is 0 Å². The summed E-state index contributed by atoms with van der Waals surface area (Å²) in [5.41, 5.74) is 3.87. The van der Waals surface area contributed by atoms with Gasteiger partial charge in [0.1, 0.15) is 11.5 Å². The van der Waals surface area contributed by atoms with Crippen molar-refractivity contribution in [3.63, 3.8) is 0 Å². The third kappa shape index (κ3) is 4.48. The van der Waals surface area contributed by atoms with Gasteiger partial charge in [-0.2, -0.15) is 0 Å². The van der Waals surface area contributed by atoms with Gasteiger partial charge in [-0.1, -0.05) is 18.2 Å². The monoisotopic (exact) mass is 442 g/mol. The number of rotatable bonds is 5. The summed E-state index contributed by atoms with van der Waals surface area (Å²) in [6, 6.07) is 17.2. The Hall–Kier alpha value is -4.00. The van der Waals surface area contributed by atoms with Gasteiger partial charge in [0.15, 0.2) is 0 Å². The smallest absolute Gasteiger partial charge is 0.253 e. The van der Waals surface area contributed by atoms with Gasteiger partial charge in [0, 0.05) is 55.3 Å². The van der Waals surface area contributed by atoms with E-state index in [0.717, 1.165) is 23.2 Å². The standard InChI is InChI=1S/C26H23FN4O2/c27-23-3-1-2-21(15-23)26(33)31-12-9-22(17-31)19-4-6-20(7-5-19)25(32)29-16-18-8-11-30-13-10-28-24(30)14-18/h1-8,10-11,13-15,22H,9,12,16-17H2,(H,29,32). The van der Waals surface area contributed by atoms with Crippen molar-refractivity contribution in [1.29, 1.82) is 0 Å². The number of nitrogens with one attached hydrogen (secondary N) is 1. The second kappa shape index (κ2) is 8.86. The molecule has 33 heavy (non-hydrogen) atoms. The highest BCUT2D eigenvalue weighted by atomic mass is 19.1. The number of imidazole rings is 1. The highest BCUT2D eigenvalue weighted by Crippen LogP contribution is 2.28. The van der Waals surface area contributed by atoms with Crippen molar-refractivity contribution in [2.75, 3.05) is 13.1 Å². The first-order valence-corrected chi connectivity index (χ1v) is 10.9. The van der Waals surface area contributed by atoms with E-state index in [2.05, 4.69) is 10.3 Å². The Morgan fingerprint density at radius 2 is 1.88 bits per heavy atom. The lowest BCUT2D eigenvalue weighted by atomic mass is 9.97. The van der Waals surface area contributed by atoms with E-state index in [1.54, 1.807) is 23.2 Å². The van der Waals surface area contributed by atoms with Gasteiger partial charge in [0.05, 0.1) is 0 Å². The summed E-state index contributed by atoms with van der Waals surface area (Å²) in [5, 5.41) is 2.95. The highest BCUT2D eigenvalue weighted by molar-refractivity contribution is 5.95. The topological polar surface area (TPSA) is 66.7 Å². The Labute approximate surface area is 190 Å². The average Bonchev–Trinajstić information content (AvgIpc) is 3.52. The first-order chi connectivity index (χ1) is 16.1. The second-order valence-electron chi connectivity index (χ2n) is 8.28. The lowest BCUT2D eigenvalue weighted by Gasteiger charge is -2.17. The van der Waals surface area contributed by atoms with Gasteiger partial charge in [-0.3, -0.25) is 9.59 Å². The Balaban J connectivity index is 1.18. The van der Waals surface area contributed by atoms with Crippen LogP contribution in [-0.4, -0.2) is 39.2 Å². The van der Waals surface area contributed by atoms with Crippen LogP contribution in [0.5, 0.6) is 0 Å². The minimum Gasteiger partial charge on any atom is -0.348 e. The van der Waals surface area contributed by atoms with E-state index in [9.17, 15) is 14.0 Å². The first kappa shape index (κ1) is 20.9. The van der Waals surface area contributed by atoms with E-state index in [4.69, 9.17) is 0 Å². The molecule has 1 aliphatic rings. The Bertz CT molecular complexity index is 1320. The van der Waals surface area contributed by atoms with Crippen molar-refractivity contribution in [2.24, 2.45) is 0 Å². The molecule has 1 fully saturated rings. The van der Waals surface area contributed by atoms with Crippen LogP contribution in [0.3, 0.4) is 0 Å². The molecule has 6 nitrogen and oxygen atoms in total. The third-order valence-corrected chi connectivity index (χ3v) is 6.11. The van der Waals surface area contributed by atoms with Crippen LogP contribution in [0.4, 0.5) is 4.39 Å². The number of benzene rings is 2. The fourth-order valence-corrected chi connectivity index (χ4v) is 4.27.